The Morgan fingerprint density at radius 3 is 2.83 bits per heavy atom. The van der Waals surface area contributed by atoms with Crippen LogP contribution in [0.25, 0.3) is 0 Å². The van der Waals surface area contributed by atoms with Crippen LogP contribution in [0.3, 0.4) is 0 Å². The fourth-order valence-corrected chi connectivity index (χ4v) is 1.80. The van der Waals surface area contributed by atoms with Crippen molar-refractivity contribution < 1.29 is 4.79 Å². The molecule has 18 heavy (non-hydrogen) atoms. The average molecular weight is 243 g/mol. The molecule has 0 radical (unpaired) electrons. The number of aromatic nitrogens is 1. The number of H-pyrrole nitrogens is 1. The molecule has 0 saturated carbocycles. The normalized spacial score (nSPS) is 10.3. The Morgan fingerprint density at radius 2 is 2.17 bits per heavy atom. The van der Waals surface area contributed by atoms with Crippen LogP contribution in [0.2, 0.25) is 0 Å². The van der Waals surface area contributed by atoms with E-state index in [1.54, 1.807) is 36.2 Å². The van der Waals surface area contributed by atoms with Gasteiger partial charge in [-0.05, 0) is 30.3 Å². The zero-order valence-electron chi connectivity index (χ0n) is 10.4. The topological polar surface area (TPSA) is 62.1 Å². The number of hydrogen-bond acceptors (Lipinski definition) is 2. The number of rotatable bonds is 4. The first-order chi connectivity index (χ1) is 8.66. The first kappa shape index (κ1) is 12.2. The second-order valence-electron chi connectivity index (χ2n) is 4.30. The molecular formula is C14H17N3O. The average Bonchev–Trinajstić information content (AvgIpc) is 2.88. The van der Waals surface area contributed by atoms with E-state index in [1.807, 2.05) is 18.3 Å². The molecule has 2 aromatic rings. The lowest BCUT2D eigenvalue weighted by Crippen LogP contribution is -2.28. The second kappa shape index (κ2) is 5.40. The maximum atomic E-state index is 12.1. The van der Waals surface area contributed by atoms with Crippen molar-refractivity contribution in [1.82, 2.24) is 9.88 Å². The van der Waals surface area contributed by atoms with Crippen LogP contribution in [-0.4, -0.2) is 29.4 Å². The number of amides is 1. The van der Waals surface area contributed by atoms with Crippen molar-refractivity contribution in [3.8, 4) is 0 Å². The van der Waals surface area contributed by atoms with E-state index in [1.165, 1.54) is 0 Å². The van der Waals surface area contributed by atoms with E-state index in [2.05, 4.69) is 4.98 Å². The quantitative estimate of drug-likeness (QED) is 0.806. The Kier molecular flexibility index (Phi) is 3.67. The molecule has 0 unspecified atom stereocenters. The molecule has 0 saturated heterocycles. The predicted molar refractivity (Wildman–Crippen MR) is 72.3 cm³/mol. The maximum absolute atomic E-state index is 12.1. The highest BCUT2D eigenvalue weighted by molar-refractivity contribution is 5.94. The number of carbonyl (C=O) groups is 1. The third-order valence-corrected chi connectivity index (χ3v) is 2.86. The van der Waals surface area contributed by atoms with Gasteiger partial charge in [0, 0.05) is 43.2 Å². The van der Waals surface area contributed by atoms with E-state index in [9.17, 15) is 4.79 Å². The molecule has 1 aromatic carbocycles. The van der Waals surface area contributed by atoms with Gasteiger partial charge < -0.3 is 15.6 Å². The highest BCUT2D eigenvalue weighted by Crippen LogP contribution is 2.09. The van der Waals surface area contributed by atoms with Crippen LogP contribution in [0.5, 0.6) is 0 Å². The van der Waals surface area contributed by atoms with Gasteiger partial charge in [-0.15, -0.1) is 0 Å². The standard InChI is InChI=1S/C14H17N3O/c1-17(9-7-13-6-3-8-16-13)14(18)11-4-2-5-12(15)10-11/h2-6,8,10,16H,7,9,15H2,1H3. The van der Waals surface area contributed by atoms with E-state index < -0.39 is 0 Å². The lowest BCUT2D eigenvalue weighted by atomic mass is 10.1. The summed E-state index contributed by atoms with van der Waals surface area (Å²) >= 11 is 0. The summed E-state index contributed by atoms with van der Waals surface area (Å²) in [5.41, 5.74) is 8.04. The van der Waals surface area contributed by atoms with Gasteiger partial charge in [0.25, 0.3) is 5.91 Å². The van der Waals surface area contributed by atoms with Crippen molar-refractivity contribution in [2.24, 2.45) is 0 Å². The predicted octanol–water partition coefficient (Wildman–Crippen LogP) is 1.91. The van der Waals surface area contributed by atoms with Crippen LogP contribution < -0.4 is 5.73 Å². The highest BCUT2D eigenvalue weighted by atomic mass is 16.2. The zero-order chi connectivity index (χ0) is 13.0. The van der Waals surface area contributed by atoms with Gasteiger partial charge >= 0.3 is 0 Å². The van der Waals surface area contributed by atoms with Gasteiger partial charge in [0.2, 0.25) is 0 Å². The number of nitrogens with two attached hydrogens (primary N) is 1. The fraction of sp³-hybridized carbons (Fsp3) is 0.214. The van der Waals surface area contributed by atoms with E-state index in [0.717, 1.165) is 12.1 Å². The van der Waals surface area contributed by atoms with Crippen molar-refractivity contribution in [1.29, 1.82) is 0 Å². The summed E-state index contributed by atoms with van der Waals surface area (Å²) < 4.78 is 0. The van der Waals surface area contributed by atoms with Gasteiger partial charge in [0.15, 0.2) is 0 Å². The molecule has 3 N–H and O–H groups in total. The Bertz CT molecular complexity index is 520. The number of nitrogens with one attached hydrogen (secondary N) is 1. The molecule has 2 rings (SSSR count). The number of anilines is 1. The van der Waals surface area contributed by atoms with Gasteiger partial charge in [-0.1, -0.05) is 6.07 Å². The lowest BCUT2D eigenvalue weighted by Gasteiger charge is -2.17. The monoisotopic (exact) mass is 243 g/mol. The van der Waals surface area contributed by atoms with Crippen molar-refractivity contribution in [3.05, 3.63) is 53.9 Å². The van der Waals surface area contributed by atoms with Crippen LogP contribution in [0.4, 0.5) is 5.69 Å². The first-order valence-electron chi connectivity index (χ1n) is 5.90. The molecule has 0 bridgehead atoms. The minimum atomic E-state index is -0.00569. The van der Waals surface area contributed by atoms with E-state index in [4.69, 9.17) is 5.73 Å². The fourth-order valence-electron chi connectivity index (χ4n) is 1.80. The molecule has 4 nitrogen and oxygen atoms in total. The Hall–Kier alpha value is -2.23. The minimum Gasteiger partial charge on any atom is -0.399 e. The number of likely N-dealkylation sites (N-methyl/N-ethyl adjacent to an activating group) is 1. The van der Waals surface area contributed by atoms with Crippen molar-refractivity contribution in [2.45, 2.75) is 6.42 Å². The van der Waals surface area contributed by atoms with Crippen LogP contribution in [0.15, 0.2) is 42.6 Å². The Morgan fingerprint density at radius 1 is 1.33 bits per heavy atom. The molecule has 0 fully saturated rings. The first-order valence-corrected chi connectivity index (χ1v) is 5.90. The molecule has 0 aliphatic rings. The van der Waals surface area contributed by atoms with Gasteiger partial charge in [-0.2, -0.15) is 0 Å². The summed E-state index contributed by atoms with van der Waals surface area (Å²) in [6, 6.07) is 11.0. The van der Waals surface area contributed by atoms with Gasteiger partial charge in [-0.3, -0.25) is 4.79 Å². The molecule has 1 heterocycles. The van der Waals surface area contributed by atoms with Gasteiger partial charge in [0.05, 0.1) is 0 Å². The maximum Gasteiger partial charge on any atom is 0.253 e. The van der Waals surface area contributed by atoms with Crippen molar-refractivity contribution in [2.75, 3.05) is 19.3 Å². The lowest BCUT2D eigenvalue weighted by molar-refractivity contribution is 0.0796. The molecule has 0 aliphatic carbocycles. The molecular weight excluding hydrogens is 226 g/mol. The SMILES string of the molecule is CN(CCc1ccc[nH]1)C(=O)c1cccc(N)c1. The third-order valence-electron chi connectivity index (χ3n) is 2.86. The molecule has 0 atom stereocenters. The largest absolute Gasteiger partial charge is 0.399 e. The van der Waals surface area contributed by atoms with Crippen LogP contribution in [0, 0.1) is 0 Å². The van der Waals surface area contributed by atoms with E-state index in [-0.39, 0.29) is 5.91 Å². The van der Waals surface area contributed by atoms with Crippen LogP contribution in [-0.2, 0) is 6.42 Å². The summed E-state index contributed by atoms with van der Waals surface area (Å²) in [7, 11) is 1.80. The van der Waals surface area contributed by atoms with Crippen LogP contribution in [0.1, 0.15) is 16.1 Å². The highest BCUT2D eigenvalue weighted by Gasteiger charge is 2.11. The van der Waals surface area contributed by atoms with Crippen molar-refractivity contribution in [3.63, 3.8) is 0 Å². The Balaban J connectivity index is 1.96. The van der Waals surface area contributed by atoms with E-state index >= 15 is 0 Å². The molecule has 4 heteroatoms. The Labute approximate surface area is 106 Å². The summed E-state index contributed by atoms with van der Waals surface area (Å²) in [4.78, 5) is 16.9. The molecule has 1 aromatic heterocycles. The zero-order valence-corrected chi connectivity index (χ0v) is 10.4. The molecule has 94 valence electrons. The minimum absolute atomic E-state index is 0.00569. The smallest absolute Gasteiger partial charge is 0.253 e. The molecule has 0 aliphatic heterocycles. The summed E-state index contributed by atoms with van der Waals surface area (Å²) in [6.07, 6.45) is 2.70. The summed E-state index contributed by atoms with van der Waals surface area (Å²) in [5.74, 6) is -0.00569. The number of nitrogens with zero attached hydrogens (tertiary/aromatic N) is 1. The molecule has 0 spiro atoms. The summed E-state index contributed by atoms with van der Waals surface area (Å²) in [6.45, 7) is 0.675. The number of hydrogen-bond donors (Lipinski definition) is 2. The number of aromatic amines is 1. The summed E-state index contributed by atoms with van der Waals surface area (Å²) in [5, 5.41) is 0. The third kappa shape index (κ3) is 2.91. The van der Waals surface area contributed by atoms with E-state index in [0.29, 0.717) is 17.8 Å². The number of nitrogen functional groups attached to an aromatic ring is 1. The van der Waals surface area contributed by atoms with Gasteiger partial charge in [-0.25, -0.2) is 0 Å². The number of benzene rings is 1. The molecule has 1 amide bonds. The van der Waals surface area contributed by atoms with Crippen LogP contribution >= 0.6 is 0 Å². The van der Waals surface area contributed by atoms with Crippen molar-refractivity contribution >= 4 is 11.6 Å². The number of carbonyl (C=O) groups excluding carboxylic acids is 1. The van der Waals surface area contributed by atoms with Gasteiger partial charge in [0.1, 0.15) is 0 Å². The second-order valence-corrected chi connectivity index (χ2v) is 4.30.